The van der Waals surface area contributed by atoms with Gasteiger partial charge in [-0.2, -0.15) is 0 Å². The van der Waals surface area contributed by atoms with E-state index in [4.69, 9.17) is 4.74 Å². The molecule has 0 atom stereocenters. The summed E-state index contributed by atoms with van der Waals surface area (Å²) in [6.07, 6.45) is 7.75. The zero-order chi connectivity index (χ0) is 12.8. The molecule has 1 aliphatic rings. The SMILES string of the molecule is CC(C)=CC(C(=O)OC1CCCCC1)=C(C)C. The Labute approximate surface area is 105 Å². The van der Waals surface area contributed by atoms with Gasteiger partial charge in [0, 0.05) is 0 Å². The van der Waals surface area contributed by atoms with Crippen molar-refractivity contribution in [2.24, 2.45) is 0 Å². The van der Waals surface area contributed by atoms with Gasteiger partial charge in [0.05, 0.1) is 5.57 Å². The summed E-state index contributed by atoms with van der Waals surface area (Å²) < 4.78 is 5.57. The van der Waals surface area contributed by atoms with Crippen LogP contribution in [0.15, 0.2) is 22.8 Å². The Bertz CT molecular complexity index is 323. The summed E-state index contributed by atoms with van der Waals surface area (Å²) in [6.45, 7) is 7.90. The van der Waals surface area contributed by atoms with Gasteiger partial charge in [-0.1, -0.05) is 17.6 Å². The van der Waals surface area contributed by atoms with E-state index in [1.165, 1.54) is 19.3 Å². The van der Waals surface area contributed by atoms with E-state index in [1.807, 2.05) is 33.8 Å². The second kappa shape index (κ2) is 6.63. The molecule has 1 rings (SSSR count). The minimum atomic E-state index is -0.155. The molecule has 1 saturated carbocycles. The zero-order valence-electron chi connectivity index (χ0n) is 11.5. The fourth-order valence-electron chi connectivity index (χ4n) is 2.09. The molecule has 1 aliphatic carbocycles. The molecule has 2 nitrogen and oxygen atoms in total. The van der Waals surface area contributed by atoms with Gasteiger partial charge in [-0.05, 0) is 59.5 Å². The van der Waals surface area contributed by atoms with Gasteiger partial charge in [-0.3, -0.25) is 0 Å². The van der Waals surface area contributed by atoms with Crippen LogP contribution in [0.3, 0.4) is 0 Å². The zero-order valence-corrected chi connectivity index (χ0v) is 11.5. The molecule has 0 spiro atoms. The molecule has 17 heavy (non-hydrogen) atoms. The fraction of sp³-hybridized carbons (Fsp3) is 0.667. The van der Waals surface area contributed by atoms with Gasteiger partial charge >= 0.3 is 5.97 Å². The number of allylic oxidation sites excluding steroid dienone is 2. The summed E-state index contributed by atoms with van der Waals surface area (Å²) in [4.78, 5) is 12.1. The number of hydrogen-bond donors (Lipinski definition) is 0. The minimum Gasteiger partial charge on any atom is -0.459 e. The summed E-state index contributed by atoms with van der Waals surface area (Å²) in [5.74, 6) is -0.155. The first-order valence-corrected chi connectivity index (χ1v) is 6.54. The highest BCUT2D eigenvalue weighted by Gasteiger charge is 2.19. The van der Waals surface area contributed by atoms with Crippen molar-refractivity contribution in [2.75, 3.05) is 0 Å². The number of ether oxygens (including phenoxy) is 1. The van der Waals surface area contributed by atoms with E-state index in [0.717, 1.165) is 29.6 Å². The summed E-state index contributed by atoms with van der Waals surface area (Å²) in [5.41, 5.74) is 2.87. The number of carbonyl (C=O) groups is 1. The number of rotatable bonds is 3. The van der Waals surface area contributed by atoms with Crippen LogP contribution in [0, 0.1) is 0 Å². The van der Waals surface area contributed by atoms with Crippen LogP contribution in [0.4, 0.5) is 0 Å². The molecule has 0 bridgehead atoms. The van der Waals surface area contributed by atoms with Gasteiger partial charge in [0.2, 0.25) is 0 Å². The highest BCUT2D eigenvalue weighted by Crippen LogP contribution is 2.22. The lowest BCUT2D eigenvalue weighted by Gasteiger charge is -2.22. The van der Waals surface area contributed by atoms with E-state index in [2.05, 4.69) is 0 Å². The minimum absolute atomic E-state index is 0.135. The first-order chi connectivity index (χ1) is 8.00. The van der Waals surface area contributed by atoms with Crippen molar-refractivity contribution in [3.8, 4) is 0 Å². The van der Waals surface area contributed by atoms with E-state index >= 15 is 0 Å². The molecule has 0 unspecified atom stereocenters. The molecule has 0 heterocycles. The Morgan fingerprint density at radius 1 is 1.06 bits per heavy atom. The smallest absolute Gasteiger partial charge is 0.338 e. The lowest BCUT2D eigenvalue weighted by atomic mass is 9.97. The van der Waals surface area contributed by atoms with Crippen LogP contribution in [0.1, 0.15) is 59.8 Å². The first-order valence-electron chi connectivity index (χ1n) is 6.54. The third-order valence-electron chi connectivity index (χ3n) is 3.02. The van der Waals surface area contributed by atoms with Crippen LogP contribution in [0.2, 0.25) is 0 Å². The van der Waals surface area contributed by atoms with Crippen LogP contribution < -0.4 is 0 Å². The third-order valence-corrected chi connectivity index (χ3v) is 3.02. The first kappa shape index (κ1) is 14.0. The number of carbonyl (C=O) groups excluding carboxylic acids is 1. The van der Waals surface area contributed by atoms with Gasteiger partial charge < -0.3 is 4.74 Å². The van der Waals surface area contributed by atoms with Crippen LogP contribution in [0.5, 0.6) is 0 Å². The molecule has 0 amide bonds. The highest BCUT2D eigenvalue weighted by atomic mass is 16.5. The molecule has 0 aromatic rings. The summed E-state index contributed by atoms with van der Waals surface area (Å²) in [7, 11) is 0. The van der Waals surface area contributed by atoms with Gasteiger partial charge in [-0.25, -0.2) is 4.79 Å². The maximum atomic E-state index is 12.1. The van der Waals surface area contributed by atoms with Crippen molar-refractivity contribution in [3.63, 3.8) is 0 Å². The molecule has 0 N–H and O–H groups in total. The molecule has 96 valence electrons. The quantitative estimate of drug-likeness (QED) is 0.418. The Morgan fingerprint density at radius 3 is 2.12 bits per heavy atom. The van der Waals surface area contributed by atoms with Crippen molar-refractivity contribution in [1.29, 1.82) is 0 Å². The van der Waals surface area contributed by atoms with E-state index < -0.39 is 0 Å². The van der Waals surface area contributed by atoms with Crippen LogP contribution in [0.25, 0.3) is 0 Å². The molecule has 1 fully saturated rings. The topological polar surface area (TPSA) is 26.3 Å². The Hall–Kier alpha value is -1.05. The van der Waals surface area contributed by atoms with E-state index in [0.29, 0.717) is 0 Å². The number of esters is 1. The van der Waals surface area contributed by atoms with E-state index in [-0.39, 0.29) is 12.1 Å². The van der Waals surface area contributed by atoms with E-state index in [1.54, 1.807) is 0 Å². The number of hydrogen-bond acceptors (Lipinski definition) is 2. The highest BCUT2D eigenvalue weighted by molar-refractivity contribution is 5.92. The molecule has 0 aromatic carbocycles. The molecule has 0 aromatic heterocycles. The maximum Gasteiger partial charge on any atom is 0.338 e. The van der Waals surface area contributed by atoms with Crippen molar-refractivity contribution in [1.82, 2.24) is 0 Å². The summed E-state index contributed by atoms with van der Waals surface area (Å²) in [5, 5.41) is 0. The second-order valence-electron chi connectivity index (χ2n) is 5.30. The normalized spacial score (nSPS) is 16.2. The van der Waals surface area contributed by atoms with Crippen molar-refractivity contribution in [3.05, 3.63) is 22.8 Å². The Balaban J connectivity index is 2.66. The van der Waals surface area contributed by atoms with Crippen molar-refractivity contribution in [2.45, 2.75) is 65.9 Å². The van der Waals surface area contributed by atoms with Crippen LogP contribution >= 0.6 is 0 Å². The van der Waals surface area contributed by atoms with Gasteiger partial charge in [0.15, 0.2) is 0 Å². The van der Waals surface area contributed by atoms with Crippen molar-refractivity contribution >= 4 is 5.97 Å². The lowest BCUT2D eigenvalue weighted by molar-refractivity contribution is -0.145. The molecule has 0 aliphatic heterocycles. The maximum absolute atomic E-state index is 12.1. The summed E-state index contributed by atoms with van der Waals surface area (Å²) in [6, 6.07) is 0. The standard InChI is InChI=1S/C15H24O2/c1-11(2)10-14(12(3)4)15(16)17-13-8-6-5-7-9-13/h10,13H,5-9H2,1-4H3. The Morgan fingerprint density at radius 2 is 1.65 bits per heavy atom. The molecule has 0 radical (unpaired) electrons. The van der Waals surface area contributed by atoms with Crippen molar-refractivity contribution < 1.29 is 9.53 Å². The van der Waals surface area contributed by atoms with Gasteiger partial charge in [0.25, 0.3) is 0 Å². The lowest BCUT2D eigenvalue weighted by Crippen LogP contribution is -2.22. The van der Waals surface area contributed by atoms with Crippen LogP contribution in [-0.2, 0) is 9.53 Å². The van der Waals surface area contributed by atoms with Gasteiger partial charge in [-0.15, -0.1) is 0 Å². The average molecular weight is 236 g/mol. The second-order valence-corrected chi connectivity index (χ2v) is 5.30. The largest absolute Gasteiger partial charge is 0.459 e. The van der Waals surface area contributed by atoms with Gasteiger partial charge in [0.1, 0.15) is 6.10 Å². The molecule has 2 heteroatoms. The molecular weight excluding hydrogens is 212 g/mol. The average Bonchev–Trinajstić information content (AvgIpc) is 2.26. The third kappa shape index (κ3) is 4.76. The monoisotopic (exact) mass is 236 g/mol. The predicted octanol–water partition coefficient (Wildman–Crippen LogP) is 4.16. The predicted molar refractivity (Wildman–Crippen MR) is 70.8 cm³/mol. The molecule has 0 saturated heterocycles. The fourth-order valence-corrected chi connectivity index (χ4v) is 2.09. The molecular formula is C15H24O2. The van der Waals surface area contributed by atoms with E-state index in [9.17, 15) is 4.79 Å². The van der Waals surface area contributed by atoms with Crippen LogP contribution in [-0.4, -0.2) is 12.1 Å². The summed E-state index contributed by atoms with van der Waals surface area (Å²) >= 11 is 0. The Kier molecular flexibility index (Phi) is 5.46.